The van der Waals surface area contributed by atoms with Gasteiger partial charge in [-0.3, -0.25) is 4.90 Å². The van der Waals surface area contributed by atoms with E-state index in [4.69, 9.17) is 12.2 Å². The van der Waals surface area contributed by atoms with Crippen LogP contribution in [0, 0.1) is 0 Å². The van der Waals surface area contributed by atoms with Crippen LogP contribution in [-0.4, -0.2) is 37.4 Å². The number of hydrogen-bond donors (Lipinski definition) is 0. The Hall–Kier alpha value is -0.310. The van der Waals surface area contributed by atoms with Gasteiger partial charge in [0.25, 0.3) is 0 Å². The Kier molecular flexibility index (Phi) is 3.12. The van der Waals surface area contributed by atoms with Crippen LogP contribution in [0.2, 0.25) is 0 Å². The van der Waals surface area contributed by atoms with Gasteiger partial charge in [0.1, 0.15) is 0 Å². The minimum Gasteiger partial charge on any atom is -0.550 e. The minimum absolute atomic E-state index is 0.907. The molecule has 0 atom stereocenters. The zero-order valence-electron chi connectivity index (χ0n) is 7.30. The highest BCUT2D eigenvalue weighted by Crippen LogP contribution is 2.14. The van der Waals surface area contributed by atoms with Gasteiger partial charge in [-0.2, -0.15) is 0 Å². The molecule has 3 heteroatoms. The summed E-state index contributed by atoms with van der Waals surface area (Å²) in [5.74, 6) is 0. The van der Waals surface area contributed by atoms with Crippen molar-refractivity contribution in [2.24, 2.45) is 0 Å². The molecule has 0 aromatic rings. The van der Waals surface area contributed by atoms with Crippen molar-refractivity contribution in [2.45, 2.75) is 19.3 Å². The second-order valence-corrected chi connectivity index (χ2v) is 3.47. The van der Waals surface area contributed by atoms with E-state index in [1.807, 2.05) is 19.0 Å². The average Bonchev–Trinajstić information content (AvgIpc) is 2.05. The van der Waals surface area contributed by atoms with Crippen LogP contribution in [0.3, 0.4) is 0 Å². The lowest BCUT2D eigenvalue weighted by Gasteiger charge is -2.30. The summed E-state index contributed by atoms with van der Waals surface area (Å²) in [7, 11) is 3.98. The highest BCUT2D eigenvalue weighted by atomic mass is 32.1. The summed E-state index contributed by atoms with van der Waals surface area (Å²) in [4.78, 5) is 1.98. The quantitative estimate of drug-likeness (QED) is 0.406. The van der Waals surface area contributed by atoms with E-state index in [9.17, 15) is 0 Å². The highest BCUT2D eigenvalue weighted by Gasteiger charge is 2.19. The van der Waals surface area contributed by atoms with Gasteiger partial charge in [-0.15, -0.1) is 0 Å². The summed E-state index contributed by atoms with van der Waals surface area (Å²) in [5, 5.41) is 0.907. The Morgan fingerprint density at radius 3 is 2.18 bits per heavy atom. The molecule has 0 bridgehead atoms. The Morgan fingerprint density at radius 2 is 1.73 bits per heavy atom. The van der Waals surface area contributed by atoms with Gasteiger partial charge in [0, 0.05) is 39.2 Å². The summed E-state index contributed by atoms with van der Waals surface area (Å²) < 4.78 is 3.08. The summed E-state index contributed by atoms with van der Waals surface area (Å²) in [6.07, 6.45) is 3.87. The molecule has 0 N–H and O–H groups in total. The van der Waals surface area contributed by atoms with Crippen molar-refractivity contribution >= 4 is 17.4 Å². The first kappa shape index (κ1) is 8.78. The SMILES string of the molecule is CN(C)C(=S)[O+]1CCCCC1. The van der Waals surface area contributed by atoms with Crippen LogP contribution in [-0.2, 0) is 4.37 Å². The lowest BCUT2D eigenvalue weighted by Crippen LogP contribution is -2.35. The number of thiocarbonyl (C=S) groups is 1. The molecular weight excluding hydrogens is 158 g/mol. The van der Waals surface area contributed by atoms with Gasteiger partial charge in [-0.25, -0.2) is 0 Å². The van der Waals surface area contributed by atoms with Gasteiger partial charge >= 0.3 is 5.17 Å². The van der Waals surface area contributed by atoms with E-state index in [1.54, 1.807) is 0 Å². The number of hydrogen-bond acceptors (Lipinski definition) is 1. The number of nitrogens with zero attached hydrogens (tertiary/aromatic N) is 1. The summed E-state index contributed by atoms with van der Waals surface area (Å²) in [6.45, 7) is 2.13. The highest BCUT2D eigenvalue weighted by molar-refractivity contribution is 7.80. The first-order chi connectivity index (χ1) is 5.22. The maximum Gasteiger partial charge on any atom is 0.406 e. The third-order valence-corrected chi connectivity index (χ3v) is 2.49. The second kappa shape index (κ2) is 3.90. The van der Waals surface area contributed by atoms with Crippen LogP contribution in [0.15, 0.2) is 0 Å². The van der Waals surface area contributed by atoms with Gasteiger partial charge in [0.05, 0.1) is 0 Å². The third kappa shape index (κ3) is 2.33. The fourth-order valence-corrected chi connectivity index (χ4v) is 1.43. The molecular formula is C8H16NOS+. The molecule has 1 fully saturated rings. The largest absolute Gasteiger partial charge is 0.550 e. The van der Waals surface area contributed by atoms with Gasteiger partial charge in [-0.05, 0) is 6.42 Å². The van der Waals surface area contributed by atoms with Crippen molar-refractivity contribution in [1.82, 2.24) is 4.90 Å². The van der Waals surface area contributed by atoms with Crippen LogP contribution in [0.1, 0.15) is 19.3 Å². The van der Waals surface area contributed by atoms with Crippen molar-refractivity contribution in [3.63, 3.8) is 0 Å². The van der Waals surface area contributed by atoms with Gasteiger partial charge < -0.3 is 4.37 Å². The molecule has 1 saturated heterocycles. The number of rotatable bonds is 0. The van der Waals surface area contributed by atoms with Crippen LogP contribution < -0.4 is 0 Å². The van der Waals surface area contributed by atoms with Gasteiger partial charge in [-0.1, -0.05) is 0 Å². The minimum atomic E-state index is 0.907. The Labute approximate surface area is 73.8 Å². The van der Waals surface area contributed by atoms with Gasteiger partial charge in [0.15, 0.2) is 13.2 Å². The van der Waals surface area contributed by atoms with Crippen molar-refractivity contribution in [3.8, 4) is 0 Å². The second-order valence-electron chi connectivity index (χ2n) is 3.12. The molecule has 1 aliphatic rings. The average molecular weight is 174 g/mol. The first-order valence-corrected chi connectivity index (χ1v) is 4.51. The summed E-state index contributed by atoms with van der Waals surface area (Å²) in [5.41, 5.74) is 0. The molecule has 0 aromatic carbocycles. The Morgan fingerprint density at radius 1 is 1.18 bits per heavy atom. The van der Waals surface area contributed by atoms with Crippen molar-refractivity contribution in [3.05, 3.63) is 0 Å². The van der Waals surface area contributed by atoms with Crippen LogP contribution >= 0.6 is 12.2 Å². The molecule has 11 heavy (non-hydrogen) atoms. The van der Waals surface area contributed by atoms with Gasteiger partial charge in [0.2, 0.25) is 0 Å². The maximum atomic E-state index is 5.21. The normalized spacial score (nSPS) is 18.2. The van der Waals surface area contributed by atoms with E-state index in [0.717, 1.165) is 18.4 Å². The lowest BCUT2D eigenvalue weighted by atomic mass is 10.2. The zero-order valence-corrected chi connectivity index (χ0v) is 8.12. The molecule has 64 valence electrons. The Bertz CT molecular complexity index is 141. The monoisotopic (exact) mass is 174 g/mol. The van der Waals surface area contributed by atoms with Crippen LogP contribution in [0.25, 0.3) is 0 Å². The molecule has 0 aromatic heterocycles. The molecule has 1 aliphatic heterocycles. The van der Waals surface area contributed by atoms with E-state index in [2.05, 4.69) is 4.37 Å². The summed E-state index contributed by atoms with van der Waals surface area (Å²) in [6, 6.07) is 0. The molecule has 0 spiro atoms. The predicted molar refractivity (Wildman–Crippen MR) is 51.0 cm³/mol. The lowest BCUT2D eigenvalue weighted by molar-refractivity contribution is -0.0492. The third-order valence-electron chi connectivity index (χ3n) is 1.89. The fraction of sp³-hybridized carbons (Fsp3) is 0.875. The van der Waals surface area contributed by atoms with E-state index < -0.39 is 0 Å². The fourth-order valence-electron chi connectivity index (χ4n) is 1.26. The topological polar surface area (TPSA) is 5.94 Å². The van der Waals surface area contributed by atoms with E-state index in [0.29, 0.717) is 0 Å². The van der Waals surface area contributed by atoms with E-state index >= 15 is 0 Å². The molecule has 0 aliphatic carbocycles. The molecule has 0 amide bonds. The molecule has 0 saturated carbocycles. The predicted octanol–water partition coefficient (Wildman–Crippen LogP) is 1.57. The standard InChI is InChI=1S/C8H16NOS/c1-9(2)8(11)10-6-4-3-5-7-10/h3-7H2,1-2H3/q+1. The smallest absolute Gasteiger partial charge is 0.406 e. The van der Waals surface area contributed by atoms with E-state index in [1.165, 1.54) is 19.3 Å². The molecule has 0 unspecified atom stereocenters. The van der Waals surface area contributed by atoms with Crippen molar-refractivity contribution < 1.29 is 4.37 Å². The molecule has 1 heterocycles. The van der Waals surface area contributed by atoms with Crippen molar-refractivity contribution in [1.29, 1.82) is 0 Å². The zero-order chi connectivity index (χ0) is 8.27. The van der Waals surface area contributed by atoms with Crippen LogP contribution in [0.4, 0.5) is 0 Å². The maximum absolute atomic E-state index is 5.21. The summed E-state index contributed by atoms with van der Waals surface area (Å²) >= 11 is 5.21. The first-order valence-electron chi connectivity index (χ1n) is 4.10. The molecule has 1 rings (SSSR count). The Balaban J connectivity index is 2.39. The van der Waals surface area contributed by atoms with Crippen molar-refractivity contribution in [2.75, 3.05) is 27.3 Å². The molecule has 0 radical (unpaired) electrons. The van der Waals surface area contributed by atoms with Crippen LogP contribution in [0.5, 0.6) is 0 Å². The molecule has 2 nitrogen and oxygen atoms in total. The van der Waals surface area contributed by atoms with E-state index in [-0.39, 0.29) is 0 Å².